The van der Waals surface area contributed by atoms with E-state index in [-0.39, 0.29) is 29.9 Å². The van der Waals surface area contributed by atoms with E-state index in [1.54, 1.807) is 4.90 Å². The van der Waals surface area contributed by atoms with Crippen LogP contribution in [0.1, 0.15) is 44.1 Å². The van der Waals surface area contributed by atoms with Crippen LogP contribution in [-0.4, -0.2) is 58.4 Å². The molecule has 3 heterocycles. The van der Waals surface area contributed by atoms with Gasteiger partial charge in [-0.1, -0.05) is 37.5 Å². The lowest BCUT2D eigenvalue weighted by Gasteiger charge is -2.36. The van der Waals surface area contributed by atoms with Crippen molar-refractivity contribution in [3.8, 4) is 0 Å². The molecule has 4 N–H and O–H groups in total. The fourth-order valence-corrected chi connectivity index (χ4v) is 5.34. The standard InChI is InChI=1S/C23H29N5O3/c29-21-20-18(27-23(31)25-15-6-2-1-3-7-15)10-11-28(20)22(30)19(26-21)12-14-13-24-17-9-5-4-8-16(14)17/h4-5,8-9,13,15,18-20,24H,1-3,6-7,10-12H2,(H,26,29)(H2,25,27,31). The van der Waals surface area contributed by atoms with Crippen LogP contribution in [0.25, 0.3) is 10.9 Å². The molecule has 2 saturated heterocycles. The number of H-pyrrole nitrogens is 1. The first-order valence-corrected chi connectivity index (χ1v) is 11.3. The van der Waals surface area contributed by atoms with Crippen LogP contribution < -0.4 is 16.0 Å². The van der Waals surface area contributed by atoms with E-state index in [0.717, 1.165) is 42.1 Å². The van der Waals surface area contributed by atoms with Crippen molar-refractivity contribution in [1.82, 2.24) is 25.8 Å². The van der Waals surface area contributed by atoms with E-state index in [1.807, 2.05) is 30.5 Å². The average molecular weight is 424 g/mol. The number of hydrogen-bond donors (Lipinski definition) is 4. The van der Waals surface area contributed by atoms with Gasteiger partial charge >= 0.3 is 6.03 Å². The van der Waals surface area contributed by atoms with Gasteiger partial charge in [0.25, 0.3) is 0 Å². The third-order valence-electron chi connectivity index (χ3n) is 6.92. The molecule has 3 fully saturated rings. The maximum Gasteiger partial charge on any atom is 0.315 e. The van der Waals surface area contributed by atoms with Crippen LogP contribution in [0.5, 0.6) is 0 Å². The van der Waals surface area contributed by atoms with Crippen LogP contribution in [0.2, 0.25) is 0 Å². The molecule has 3 aliphatic rings. The first kappa shape index (κ1) is 19.9. The number of nitrogens with one attached hydrogen (secondary N) is 4. The molecule has 1 aromatic heterocycles. The summed E-state index contributed by atoms with van der Waals surface area (Å²) in [4.78, 5) is 43.4. The highest BCUT2D eigenvalue weighted by Gasteiger charge is 2.48. The highest BCUT2D eigenvalue weighted by molar-refractivity contribution is 5.99. The van der Waals surface area contributed by atoms with Gasteiger partial charge in [-0.2, -0.15) is 0 Å². The highest BCUT2D eigenvalue weighted by Crippen LogP contribution is 2.26. The van der Waals surface area contributed by atoms with Gasteiger partial charge in [0.1, 0.15) is 12.1 Å². The van der Waals surface area contributed by atoms with Gasteiger partial charge in [0, 0.05) is 36.1 Å². The molecule has 0 radical (unpaired) electrons. The van der Waals surface area contributed by atoms with Crippen molar-refractivity contribution < 1.29 is 14.4 Å². The molecule has 1 aromatic carbocycles. The largest absolute Gasteiger partial charge is 0.361 e. The topological polar surface area (TPSA) is 106 Å². The van der Waals surface area contributed by atoms with Crippen molar-refractivity contribution in [3.05, 3.63) is 36.0 Å². The number of fused-ring (bicyclic) bond motifs is 2. The molecule has 164 valence electrons. The molecule has 1 aliphatic carbocycles. The van der Waals surface area contributed by atoms with Crippen LogP contribution in [-0.2, 0) is 16.0 Å². The summed E-state index contributed by atoms with van der Waals surface area (Å²) >= 11 is 0. The lowest BCUT2D eigenvalue weighted by atomic mass is 9.96. The number of rotatable bonds is 4. The summed E-state index contributed by atoms with van der Waals surface area (Å²) in [5, 5.41) is 9.96. The van der Waals surface area contributed by atoms with Gasteiger partial charge in [-0.3, -0.25) is 9.59 Å². The van der Waals surface area contributed by atoms with E-state index >= 15 is 0 Å². The summed E-state index contributed by atoms with van der Waals surface area (Å²) < 4.78 is 0. The predicted octanol–water partition coefficient (Wildman–Crippen LogP) is 1.81. The highest BCUT2D eigenvalue weighted by atomic mass is 16.2. The lowest BCUT2D eigenvalue weighted by Crippen LogP contribution is -2.65. The number of hydrogen-bond acceptors (Lipinski definition) is 3. The normalized spacial score (nSPS) is 26.6. The summed E-state index contributed by atoms with van der Waals surface area (Å²) in [5.74, 6) is -0.267. The molecule has 1 saturated carbocycles. The van der Waals surface area contributed by atoms with Gasteiger partial charge in [0.15, 0.2) is 0 Å². The Hall–Kier alpha value is -3.03. The zero-order chi connectivity index (χ0) is 21.4. The van der Waals surface area contributed by atoms with Crippen LogP contribution >= 0.6 is 0 Å². The van der Waals surface area contributed by atoms with Gasteiger partial charge in [0.05, 0.1) is 6.04 Å². The quantitative estimate of drug-likeness (QED) is 0.603. The zero-order valence-corrected chi connectivity index (χ0v) is 17.5. The smallest absolute Gasteiger partial charge is 0.315 e. The molecule has 8 nitrogen and oxygen atoms in total. The predicted molar refractivity (Wildman–Crippen MR) is 116 cm³/mol. The first-order chi connectivity index (χ1) is 15.1. The average Bonchev–Trinajstić information content (AvgIpc) is 3.37. The molecule has 0 spiro atoms. The summed E-state index contributed by atoms with van der Waals surface area (Å²) in [6, 6.07) is 6.32. The molecule has 2 aromatic rings. The van der Waals surface area contributed by atoms with Crippen molar-refractivity contribution in [3.63, 3.8) is 0 Å². The van der Waals surface area contributed by atoms with Gasteiger partial charge in [-0.25, -0.2) is 4.79 Å². The van der Waals surface area contributed by atoms with Crippen molar-refractivity contribution >= 4 is 28.7 Å². The second-order valence-corrected chi connectivity index (χ2v) is 8.95. The Labute approximate surface area is 181 Å². The number of para-hydroxylation sites is 1. The minimum Gasteiger partial charge on any atom is -0.361 e. The molecular formula is C23H29N5O3. The van der Waals surface area contributed by atoms with Gasteiger partial charge in [0.2, 0.25) is 11.8 Å². The molecule has 8 heteroatoms. The number of benzene rings is 1. The minimum atomic E-state index is -0.635. The summed E-state index contributed by atoms with van der Waals surface area (Å²) in [6.45, 7) is 0.482. The summed E-state index contributed by atoms with van der Waals surface area (Å²) in [7, 11) is 0. The fourth-order valence-electron chi connectivity index (χ4n) is 5.34. The second kappa shape index (κ2) is 8.24. The van der Waals surface area contributed by atoms with Crippen molar-refractivity contribution in [2.24, 2.45) is 0 Å². The van der Waals surface area contributed by atoms with Crippen LogP contribution in [0, 0.1) is 0 Å². The first-order valence-electron chi connectivity index (χ1n) is 11.3. The van der Waals surface area contributed by atoms with Crippen LogP contribution in [0.15, 0.2) is 30.5 Å². The Morgan fingerprint density at radius 1 is 1.06 bits per heavy atom. The molecule has 5 rings (SSSR count). The number of aromatic nitrogens is 1. The van der Waals surface area contributed by atoms with Crippen LogP contribution in [0.4, 0.5) is 4.79 Å². The Morgan fingerprint density at radius 2 is 1.87 bits per heavy atom. The number of nitrogens with zero attached hydrogens (tertiary/aromatic N) is 1. The van der Waals surface area contributed by atoms with E-state index in [4.69, 9.17) is 0 Å². The number of aromatic amines is 1. The third kappa shape index (κ3) is 3.86. The zero-order valence-electron chi connectivity index (χ0n) is 17.5. The van der Waals surface area contributed by atoms with E-state index in [9.17, 15) is 14.4 Å². The lowest BCUT2D eigenvalue weighted by molar-refractivity contribution is -0.147. The van der Waals surface area contributed by atoms with Crippen molar-refractivity contribution in [2.75, 3.05) is 6.54 Å². The number of amides is 4. The number of carbonyl (C=O) groups excluding carboxylic acids is 3. The molecule has 4 amide bonds. The van der Waals surface area contributed by atoms with E-state index in [0.29, 0.717) is 19.4 Å². The molecule has 2 aliphatic heterocycles. The van der Waals surface area contributed by atoms with Crippen LogP contribution in [0.3, 0.4) is 0 Å². The van der Waals surface area contributed by atoms with Crippen molar-refractivity contribution in [1.29, 1.82) is 0 Å². The van der Waals surface area contributed by atoms with Gasteiger partial charge in [-0.05, 0) is 30.9 Å². The fraction of sp³-hybridized carbons (Fsp3) is 0.522. The monoisotopic (exact) mass is 423 g/mol. The SMILES string of the molecule is O=C(NC1CCCCC1)NC1CCN2C(=O)C(Cc3c[nH]c4ccccc34)NC(=O)C12. The molecule has 31 heavy (non-hydrogen) atoms. The molecular weight excluding hydrogens is 394 g/mol. The van der Waals surface area contributed by atoms with E-state index in [1.165, 1.54) is 6.42 Å². The molecule has 3 unspecified atom stereocenters. The van der Waals surface area contributed by atoms with E-state index in [2.05, 4.69) is 20.9 Å². The maximum atomic E-state index is 13.1. The Bertz CT molecular complexity index is 996. The number of urea groups is 1. The van der Waals surface area contributed by atoms with Gasteiger partial charge < -0.3 is 25.8 Å². The number of carbonyl (C=O) groups is 3. The Balaban J connectivity index is 1.23. The van der Waals surface area contributed by atoms with Crippen molar-refractivity contribution in [2.45, 2.75) is 69.1 Å². The Kier molecular flexibility index (Phi) is 5.29. The summed E-state index contributed by atoms with van der Waals surface area (Å²) in [5.41, 5.74) is 2.02. The number of piperazine rings is 1. The second-order valence-electron chi connectivity index (χ2n) is 8.95. The van der Waals surface area contributed by atoms with E-state index < -0.39 is 12.1 Å². The summed E-state index contributed by atoms with van der Waals surface area (Å²) in [6.07, 6.45) is 8.44. The molecule has 0 bridgehead atoms. The minimum absolute atomic E-state index is 0.0770. The maximum absolute atomic E-state index is 13.1. The Morgan fingerprint density at radius 3 is 2.71 bits per heavy atom. The molecule has 3 atom stereocenters. The van der Waals surface area contributed by atoms with Gasteiger partial charge in [-0.15, -0.1) is 0 Å². The third-order valence-corrected chi connectivity index (χ3v) is 6.92.